The van der Waals surface area contributed by atoms with Gasteiger partial charge in [0.15, 0.2) is 6.61 Å². The number of halogens is 1. The maximum atomic E-state index is 12.1. The third-order valence-corrected chi connectivity index (χ3v) is 4.39. The molecular weight excluding hydrogens is 384 g/mol. The number of nitrogens with one attached hydrogen (secondary N) is 1. The van der Waals surface area contributed by atoms with E-state index in [0.717, 1.165) is 6.07 Å². The second-order valence-electron chi connectivity index (χ2n) is 4.99. The highest BCUT2D eigenvalue weighted by Gasteiger charge is 2.19. The molecule has 0 aliphatic carbocycles. The Morgan fingerprint density at radius 2 is 1.96 bits per heavy atom. The van der Waals surface area contributed by atoms with Gasteiger partial charge in [-0.25, -0.2) is 4.79 Å². The lowest BCUT2D eigenvalue weighted by Crippen LogP contribution is -2.22. The number of esters is 1. The van der Waals surface area contributed by atoms with Crippen LogP contribution in [0, 0.1) is 10.1 Å². The topological polar surface area (TPSA) is 116 Å². The van der Waals surface area contributed by atoms with Crippen molar-refractivity contribution in [3.8, 4) is 0 Å². The highest BCUT2D eigenvalue weighted by Crippen LogP contribution is 2.27. The van der Waals surface area contributed by atoms with Crippen molar-refractivity contribution < 1.29 is 23.5 Å². The van der Waals surface area contributed by atoms with Crippen molar-refractivity contribution in [1.82, 2.24) is 0 Å². The molecule has 1 amide bonds. The number of nitro benzene ring substituents is 1. The van der Waals surface area contributed by atoms with Gasteiger partial charge in [0, 0.05) is 17.3 Å². The van der Waals surface area contributed by atoms with Crippen LogP contribution in [0.4, 0.5) is 11.4 Å². The molecular formula is C16H13ClN2O6S. The molecule has 0 unspecified atom stereocenters. The number of benzene rings is 2. The quantitative estimate of drug-likeness (QED) is 0.456. The number of hydrogen-bond donors (Lipinski definition) is 1. The van der Waals surface area contributed by atoms with E-state index in [1.54, 1.807) is 12.1 Å². The summed E-state index contributed by atoms with van der Waals surface area (Å²) in [6.07, 6.45) is 1.41. The van der Waals surface area contributed by atoms with Crippen molar-refractivity contribution in [3.63, 3.8) is 0 Å². The molecule has 0 saturated heterocycles. The van der Waals surface area contributed by atoms with Gasteiger partial charge in [0.1, 0.15) is 5.69 Å². The normalized spacial score (nSPS) is 11.5. The van der Waals surface area contributed by atoms with Crippen LogP contribution in [0.15, 0.2) is 47.4 Å². The molecule has 1 N–H and O–H groups in total. The van der Waals surface area contributed by atoms with Crippen LogP contribution in [0.1, 0.15) is 10.4 Å². The number of hydrogen-bond acceptors (Lipinski definition) is 6. The Morgan fingerprint density at radius 3 is 2.62 bits per heavy atom. The minimum absolute atomic E-state index is 0.0786. The van der Waals surface area contributed by atoms with Gasteiger partial charge in [0.2, 0.25) is 0 Å². The lowest BCUT2D eigenvalue weighted by molar-refractivity contribution is -0.383. The van der Waals surface area contributed by atoms with Crippen molar-refractivity contribution in [2.75, 3.05) is 18.2 Å². The summed E-state index contributed by atoms with van der Waals surface area (Å²) in [5, 5.41) is 13.4. The fraction of sp³-hybridized carbons (Fsp3) is 0.125. The summed E-state index contributed by atoms with van der Waals surface area (Å²) in [7, 11) is -1.41. The largest absolute Gasteiger partial charge is 0.452 e. The van der Waals surface area contributed by atoms with Crippen molar-refractivity contribution in [3.05, 3.63) is 63.2 Å². The first-order valence-electron chi connectivity index (χ1n) is 7.13. The molecule has 2 rings (SSSR count). The predicted octanol–water partition coefficient (Wildman–Crippen LogP) is 2.78. The zero-order chi connectivity index (χ0) is 19.3. The van der Waals surface area contributed by atoms with Gasteiger partial charge in [0.05, 0.1) is 26.2 Å². The van der Waals surface area contributed by atoms with Gasteiger partial charge in [-0.05, 0) is 24.3 Å². The van der Waals surface area contributed by atoms with Crippen LogP contribution in [-0.4, -0.2) is 33.9 Å². The second-order valence-corrected chi connectivity index (χ2v) is 6.78. The molecule has 0 spiro atoms. The Bertz CT molecular complexity index is 902. The molecule has 0 saturated carbocycles. The molecule has 0 aromatic heterocycles. The van der Waals surface area contributed by atoms with Gasteiger partial charge < -0.3 is 10.1 Å². The Morgan fingerprint density at radius 1 is 1.27 bits per heavy atom. The molecule has 2 aromatic rings. The first kappa shape index (κ1) is 19.5. The van der Waals surface area contributed by atoms with E-state index in [1.165, 1.54) is 30.5 Å². The highest BCUT2D eigenvalue weighted by atomic mass is 35.5. The van der Waals surface area contributed by atoms with E-state index in [0.29, 0.717) is 0 Å². The Balaban J connectivity index is 2.06. The van der Waals surface area contributed by atoms with Crippen LogP contribution in [-0.2, 0) is 20.3 Å². The molecule has 136 valence electrons. The molecule has 0 aliphatic heterocycles. The molecule has 0 radical (unpaired) electrons. The number of nitrogens with zero attached hydrogens (tertiary/aromatic N) is 1. The number of nitro groups is 1. The van der Waals surface area contributed by atoms with Crippen LogP contribution in [0.3, 0.4) is 0 Å². The summed E-state index contributed by atoms with van der Waals surface area (Å²) in [5.41, 5.74) is -0.380. The van der Waals surface area contributed by atoms with Crippen molar-refractivity contribution in [2.24, 2.45) is 0 Å². The monoisotopic (exact) mass is 396 g/mol. The molecule has 0 fully saturated rings. The molecule has 0 aliphatic rings. The number of ether oxygens (including phenoxy) is 1. The van der Waals surface area contributed by atoms with E-state index < -0.39 is 34.2 Å². The molecule has 10 heteroatoms. The fourth-order valence-corrected chi connectivity index (χ4v) is 2.95. The van der Waals surface area contributed by atoms with E-state index in [2.05, 4.69) is 5.32 Å². The van der Waals surface area contributed by atoms with Gasteiger partial charge in [-0.2, -0.15) is 0 Å². The SMILES string of the molecule is C[S@](=O)c1ccccc1C(=O)OCC(=O)Nc1cc(Cl)ccc1[N+](=O)[O-]. The maximum Gasteiger partial charge on any atom is 0.339 e. The van der Waals surface area contributed by atoms with E-state index in [-0.39, 0.29) is 26.9 Å². The van der Waals surface area contributed by atoms with Crippen molar-refractivity contribution in [1.29, 1.82) is 0 Å². The smallest absolute Gasteiger partial charge is 0.339 e. The van der Waals surface area contributed by atoms with Crippen LogP contribution in [0.2, 0.25) is 5.02 Å². The lowest BCUT2D eigenvalue weighted by atomic mass is 10.2. The minimum Gasteiger partial charge on any atom is -0.452 e. The Labute approximate surface area is 155 Å². The Kier molecular flexibility index (Phi) is 6.42. The summed E-state index contributed by atoms with van der Waals surface area (Å²) in [6, 6.07) is 9.82. The number of amides is 1. The molecule has 2 aromatic carbocycles. The van der Waals surface area contributed by atoms with Crippen molar-refractivity contribution in [2.45, 2.75) is 4.90 Å². The van der Waals surface area contributed by atoms with Crippen LogP contribution in [0.5, 0.6) is 0 Å². The zero-order valence-electron chi connectivity index (χ0n) is 13.4. The molecule has 0 heterocycles. The summed E-state index contributed by atoms with van der Waals surface area (Å²) in [4.78, 5) is 34.6. The van der Waals surface area contributed by atoms with E-state index >= 15 is 0 Å². The number of anilines is 1. The average molecular weight is 397 g/mol. The lowest BCUT2D eigenvalue weighted by Gasteiger charge is -2.09. The van der Waals surface area contributed by atoms with Gasteiger partial charge in [-0.3, -0.25) is 19.1 Å². The third-order valence-electron chi connectivity index (χ3n) is 3.18. The van der Waals surface area contributed by atoms with Crippen LogP contribution >= 0.6 is 11.6 Å². The predicted molar refractivity (Wildman–Crippen MR) is 95.8 cm³/mol. The summed E-state index contributed by atoms with van der Waals surface area (Å²) >= 11 is 5.77. The van der Waals surface area contributed by atoms with Gasteiger partial charge in [0.25, 0.3) is 11.6 Å². The standard InChI is InChI=1S/C16H13ClN2O6S/c1-26(24)14-5-3-2-4-11(14)16(21)25-9-15(20)18-12-8-10(17)6-7-13(12)19(22)23/h2-8H,9H2,1H3,(H,18,20)/t26-/m0/s1. The van der Waals surface area contributed by atoms with Gasteiger partial charge in [-0.15, -0.1) is 0 Å². The fourth-order valence-electron chi connectivity index (χ4n) is 2.05. The van der Waals surface area contributed by atoms with Crippen LogP contribution in [0.25, 0.3) is 0 Å². The maximum absolute atomic E-state index is 12.1. The van der Waals surface area contributed by atoms with E-state index in [9.17, 15) is 23.9 Å². The Hall–Kier alpha value is -2.78. The summed E-state index contributed by atoms with van der Waals surface area (Å²) < 4.78 is 16.5. The molecule has 8 nitrogen and oxygen atoms in total. The minimum atomic E-state index is -1.41. The highest BCUT2D eigenvalue weighted by molar-refractivity contribution is 7.84. The second kappa shape index (κ2) is 8.54. The first-order chi connectivity index (χ1) is 12.3. The first-order valence-corrected chi connectivity index (χ1v) is 9.06. The number of rotatable bonds is 6. The molecule has 0 bridgehead atoms. The third kappa shape index (κ3) is 4.87. The van der Waals surface area contributed by atoms with E-state index in [1.807, 2.05) is 0 Å². The van der Waals surface area contributed by atoms with Gasteiger partial charge >= 0.3 is 5.97 Å². The number of carbonyl (C=O) groups excluding carboxylic acids is 2. The molecule has 26 heavy (non-hydrogen) atoms. The average Bonchev–Trinajstić information content (AvgIpc) is 2.59. The zero-order valence-corrected chi connectivity index (χ0v) is 15.0. The van der Waals surface area contributed by atoms with E-state index in [4.69, 9.17) is 16.3 Å². The number of carbonyl (C=O) groups is 2. The summed E-state index contributed by atoms with van der Waals surface area (Å²) in [5.74, 6) is -1.61. The van der Waals surface area contributed by atoms with Crippen molar-refractivity contribution >= 4 is 45.7 Å². The van der Waals surface area contributed by atoms with Crippen LogP contribution < -0.4 is 5.32 Å². The molecule has 1 atom stereocenters. The summed E-state index contributed by atoms with van der Waals surface area (Å²) in [6.45, 7) is -0.673. The van der Waals surface area contributed by atoms with Gasteiger partial charge in [-0.1, -0.05) is 23.7 Å².